The Morgan fingerprint density at radius 2 is 2.29 bits per heavy atom. The Morgan fingerprint density at radius 3 is 2.95 bits per heavy atom. The van der Waals surface area contributed by atoms with E-state index in [1.54, 1.807) is 11.3 Å². The summed E-state index contributed by atoms with van der Waals surface area (Å²) in [7, 11) is 0. The van der Waals surface area contributed by atoms with Gasteiger partial charge in [0.15, 0.2) is 5.82 Å². The molecule has 2 atom stereocenters. The molecule has 0 amide bonds. The van der Waals surface area contributed by atoms with Gasteiger partial charge in [-0.05, 0) is 32.2 Å². The van der Waals surface area contributed by atoms with Crippen molar-refractivity contribution in [3.63, 3.8) is 0 Å². The summed E-state index contributed by atoms with van der Waals surface area (Å²) in [6.45, 7) is 6.03. The molecule has 0 radical (unpaired) electrons. The number of aryl methyl sites for hydroxylation is 1. The predicted octanol–water partition coefficient (Wildman–Crippen LogP) is 3.20. The van der Waals surface area contributed by atoms with Crippen LogP contribution in [0.5, 0.6) is 0 Å². The second kappa shape index (κ2) is 5.44. The number of rotatable bonds is 3. The number of ether oxygens (including phenoxy) is 1. The average molecular weight is 303 g/mol. The molecule has 5 nitrogen and oxygen atoms in total. The van der Waals surface area contributed by atoms with Gasteiger partial charge in [-0.1, -0.05) is 6.07 Å². The van der Waals surface area contributed by atoms with Gasteiger partial charge in [0.05, 0.1) is 6.61 Å². The van der Waals surface area contributed by atoms with Gasteiger partial charge in [-0.2, -0.15) is 5.10 Å². The van der Waals surface area contributed by atoms with E-state index in [2.05, 4.69) is 21.3 Å². The highest BCUT2D eigenvalue weighted by molar-refractivity contribution is 7.10. The van der Waals surface area contributed by atoms with Gasteiger partial charge in [0.25, 0.3) is 0 Å². The summed E-state index contributed by atoms with van der Waals surface area (Å²) in [5.74, 6) is 0.00930. The number of nitrogens with zero attached hydrogens (tertiary/aromatic N) is 2. The Kier molecular flexibility index (Phi) is 3.63. The Balaban J connectivity index is 2.14. The number of nitrogens with one attached hydrogen (secondary N) is 1. The van der Waals surface area contributed by atoms with E-state index in [1.165, 1.54) is 0 Å². The molecule has 21 heavy (non-hydrogen) atoms. The van der Waals surface area contributed by atoms with Crippen LogP contribution in [0.25, 0.3) is 0 Å². The van der Waals surface area contributed by atoms with Gasteiger partial charge in [-0.25, -0.2) is 4.99 Å². The first-order valence-corrected chi connectivity index (χ1v) is 7.81. The van der Waals surface area contributed by atoms with Gasteiger partial charge < -0.3 is 4.74 Å². The topological polar surface area (TPSA) is 67.3 Å². The Hall–Kier alpha value is -1.95. The molecule has 0 bridgehead atoms. The van der Waals surface area contributed by atoms with Gasteiger partial charge >= 0.3 is 5.97 Å². The Morgan fingerprint density at radius 1 is 1.48 bits per heavy atom. The lowest BCUT2D eigenvalue weighted by Gasteiger charge is -2.28. The number of aliphatic imine (C=N–C) groups is 1. The lowest BCUT2D eigenvalue weighted by Crippen LogP contribution is -2.33. The number of carbonyl (C=O) groups excluding carboxylic acids is 1. The minimum absolute atomic E-state index is 0.0738. The second-order valence-electron chi connectivity index (χ2n) is 5.06. The first-order chi connectivity index (χ1) is 10.1. The summed E-state index contributed by atoms with van der Waals surface area (Å²) in [5.41, 5.74) is 2.71. The van der Waals surface area contributed by atoms with E-state index in [9.17, 15) is 4.79 Å². The summed E-state index contributed by atoms with van der Waals surface area (Å²) in [5, 5.41) is 9.25. The SMILES string of the molecule is CCOC(=O)C1C(C)=Nc2n[nH]c(C)c2C1c1cccs1. The van der Waals surface area contributed by atoms with Crippen LogP contribution in [0.3, 0.4) is 0 Å². The molecule has 110 valence electrons. The van der Waals surface area contributed by atoms with Crippen LogP contribution in [-0.4, -0.2) is 28.5 Å². The summed E-state index contributed by atoms with van der Waals surface area (Å²) >= 11 is 1.64. The monoisotopic (exact) mass is 303 g/mol. The predicted molar refractivity (Wildman–Crippen MR) is 82.4 cm³/mol. The Labute approximate surface area is 127 Å². The molecule has 6 heteroatoms. The van der Waals surface area contributed by atoms with E-state index < -0.39 is 0 Å². The minimum Gasteiger partial charge on any atom is -0.465 e. The smallest absolute Gasteiger partial charge is 0.315 e. The average Bonchev–Trinajstić information content (AvgIpc) is 3.08. The zero-order valence-electron chi connectivity index (χ0n) is 12.2. The molecule has 0 saturated heterocycles. The minimum atomic E-state index is -0.382. The first-order valence-electron chi connectivity index (χ1n) is 6.93. The number of carbonyl (C=O) groups is 1. The molecule has 1 aliphatic rings. The number of aromatic amines is 1. The highest BCUT2D eigenvalue weighted by Crippen LogP contribution is 2.44. The highest BCUT2D eigenvalue weighted by atomic mass is 32.1. The second-order valence-corrected chi connectivity index (χ2v) is 6.04. The van der Waals surface area contributed by atoms with Crippen molar-refractivity contribution in [2.45, 2.75) is 26.7 Å². The van der Waals surface area contributed by atoms with Crippen LogP contribution >= 0.6 is 11.3 Å². The van der Waals surface area contributed by atoms with Crippen LogP contribution in [0.1, 0.15) is 35.9 Å². The van der Waals surface area contributed by atoms with E-state index in [4.69, 9.17) is 4.74 Å². The number of esters is 1. The number of hydrogen-bond donors (Lipinski definition) is 1. The fraction of sp³-hybridized carbons (Fsp3) is 0.400. The molecule has 1 N–H and O–H groups in total. The van der Waals surface area contributed by atoms with Crippen molar-refractivity contribution in [1.82, 2.24) is 10.2 Å². The maximum atomic E-state index is 12.4. The summed E-state index contributed by atoms with van der Waals surface area (Å²) < 4.78 is 5.27. The molecular formula is C15H17N3O2S. The van der Waals surface area contributed by atoms with E-state index >= 15 is 0 Å². The molecule has 3 heterocycles. The molecule has 0 spiro atoms. The summed E-state index contributed by atoms with van der Waals surface area (Å²) in [6, 6.07) is 4.05. The van der Waals surface area contributed by atoms with Gasteiger partial charge in [0, 0.05) is 27.8 Å². The molecule has 2 unspecified atom stereocenters. The van der Waals surface area contributed by atoms with Gasteiger partial charge in [-0.3, -0.25) is 9.89 Å². The normalized spacial score (nSPS) is 20.8. The number of thiophene rings is 1. The van der Waals surface area contributed by atoms with E-state index in [0.29, 0.717) is 12.4 Å². The maximum absolute atomic E-state index is 12.4. The molecule has 1 aliphatic heterocycles. The van der Waals surface area contributed by atoms with Crippen molar-refractivity contribution < 1.29 is 9.53 Å². The number of aromatic nitrogens is 2. The van der Waals surface area contributed by atoms with E-state index in [1.807, 2.05) is 32.2 Å². The number of hydrogen-bond acceptors (Lipinski definition) is 5. The fourth-order valence-electron chi connectivity index (χ4n) is 2.84. The molecule has 0 aliphatic carbocycles. The van der Waals surface area contributed by atoms with Gasteiger partial charge in [0.2, 0.25) is 0 Å². The van der Waals surface area contributed by atoms with E-state index in [0.717, 1.165) is 21.8 Å². The third-order valence-electron chi connectivity index (χ3n) is 3.74. The molecule has 2 aromatic heterocycles. The zero-order valence-corrected chi connectivity index (χ0v) is 13.0. The van der Waals surface area contributed by atoms with E-state index in [-0.39, 0.29) is 17.8 Å². The van der Waals surface area contributed by atoms with Crippen molar-refractivity contribution in [2.75, 3.05) is 6.61 Å². The van der Waals surface area contributed by atoms with Crippen LogP contribution in [-0.2, 0) is 9.53 Å². The largest absolute Gasteiger partial charge is 0.465 e. The molecule has 0 aromatic carbocycles. The van der Waals surface area contributed by atoms with Crippen LogP contribution in [0.4, 0.5) is 5.82 Å². The van der Waals surface area contributed by atoms with Crippen molar-refractivity contribution in [2.24, 2.45) is 10.9 Å². The number of fused-ring (bicyclic) bond motifs is 1. The third kappa shape index (κ3) is 2.29. The highest BCUT2D eigenvalue weighted by Gasteiger charge is 2.41. The van der Waals surface area contributed by atoms with Crippen molar-refractivity contribution in [3.05, 3.63) is 33.6 Å². The van der Waals surface area contributed by atoms with Crippen LogP contribution in [0.2, 0.25) is 0 Å². The lowest BCUT2D eigenvalue weighted by molar-refractivity contribution is -0.145. The maximum Gasteiger partial charge on any atom is 0.315 e. The lowest BCUT2D eigenvalue weighted by atomic mass is 9.80. The third-order valence-corrected chi connectivity index (χ3v) is 4.70. The van der Waals surface area contributed by atoms with Crippen LogP contribution in [0.15, 0.2) is 22.5 Å². The number of H-pyrrole nitrogens is 1. The van der Waals surface area contributed by atoms with Gasteiger partial charge in [-0.15, -0.1) is 11.3 Å². The summed E-state index contributed by atoms with van der Waals surface area (Å²) in [4.78, 5) is 18.1. The zero-order chi connectivity index (χ0) is 15.0. The molecule has 0 saturated carbocycles. The quantitative estimate of drug-likeness (QED) is 0.885. The standard InChI is InChI=1S/C15H17N3O2S/c1-4-20-15(19)12-8(2)16-14-11(9(3)17-18-14)13(12)10-6-5-7-21-10/h5-7,12-13H,4H2,1-3H3,(H,17,18). The Bertz CT molecular complexity index is 688. The molecular weight excluding hydrogens is 286 g/mol. The molecule has 0 fully saturated rings. The molecule has 2 aromatic rings. The van der Waals surface area contributed by atoms with Crippen molar-refractivity contribution >= 4 is 28.8 Å². The van der Waals surface area contributed by atoms with Crippen LogP contribution < -0.4 is 0 Å². The molecule has 3 rings (SSSR count). The fourth-order valence-corrected chi connectivity index (χ4v) is 3.71. The van der Waals surface area contributed by atoms with Crippen LogP contribution in [0, 0.1) is 12.8 Å². The van der Waals surface area contributed by atoms with Crippen molar-refractivity contribution in [1.29, 1.82) is 0 Å². The van der Waals surface area contributed by atoms with Gasteiger partial charge in [0.1, 0.15) is 5.92 Å². The summed E-state index contributed by atoms with van der Waals surface area (Å²) in [6.07, 6.45) is 0. The van der Waals surface area contributed by atoms with Crippen molar-refractivity contribution in [3.8, 4) is 0 Å². The first kappa shape index (κ1) is 14.0.